The number of benzene rings is 1. The molecule has 0 N–H and O–H groups in total. The van der Waals surface area contributed by atoms with E-state index in [0.717, 1.165) is 24.3 Å². The van der Waals surface area contributed by atoms with Crippen molar-refractivity contribution in [3.63, 3.8) is 0 Å². The summed E-state index contributed by atoms with van der Waals surface area (Å²) < 4.78 is 10.7. The van der Waals surface area contributed by atoms with Crippen LogP contribution in [0.15, 0.2) is 30.5 Å². The van der Waals surface area contributed by atoms with Crippen LogP contribution in [0.5, 0.6) is 5.75 Å². The Morgan fingerprint density at radius 2 is 2.13 bits per heavy atom. The zero-order chi connectivity index (χ0) is 10.9. The van der Waals surface area contributed by atoms with Gasteiger partial charge in [0, 0.05) is 0 Å². The smallest absolute Gasteiger partial charge is 0.119 e. The lowest BCUT2D eigenvalue weighted by Crippen LogP contribution is -1.90. The SMILES string of the molecule is CCCOC=Cc1cccc(OCC)c1. The van der Waals surface area contributed by atoms with Crippen LogP contribution in [0.25, 0.3) is 6.08 Å². The molecule has 1 rings (SSSR count). The van der Waals surface area contributed by atoms with Gasteiger partial charge in [0.25, 0.3) is 0 Å². The van der Waals surface area contributed by atoms with E-state index in [1.165, 1.54) is 0 Å². The molecule has 0 aliphatic carbocycles. The molecule has 0 heterocycles. The molecule has 2 nitrogen and oxygen atoms in total. The molecular weight excluding hydrogens is 188 g/mol. The first-order chi connectivity index (χ1) is 7.36. The van der Waals surface area contributed by atoms with Crippen molar-refractivity contribution in [2.45, 2.75) is 20.3 Å². The quantitative estimate of drug-likeness (QED) is 0.524. The fraction of sp³-hybridized carbons (Fsp3) is 0.385. The number of hydrogen-bond acceptors (Lipinski definition) is 2. The van der Waals surface area contributed by atoms with Gasteiger partial charge in [-0.15, -0.1) is 0 Å². The summed E-state index contributed by atoms with van der Waals surface area (Å²) in [5.41, 5.74) is 1.09. The molecule has 82 valence electrons. The molecule has 0 radical (unpaired) electrons. The number of rotatable bonds is 6. The summed E-state index contributed by atoms with van der Waals surface area (Å²) in [5.74, 6) is 0.898. The van der Waals surface area contributed by atoms with E-state index in [2.05, 4.69) is 6.92 Å². The fourth-order valence-electron chi connectivity index (χ4n) is 1.19. The molecular formula is C13H18O2. The van der Waals surface area contributed by atoms with Crippen molar-refractivity contribution in [3.05, 3.63) is 36.1 Å². The van der Waals surface area contributed by atoms with Crippen molar-refractivity contribution in [2.75, 3.05) is 13.2 Å². The third-order valence-corrected chi connectivity index (χ3v) is 1.85. The van der Waals surface area contributed by atoms with Gasteiger partial charge in [-0.2, -0.15) is 0 Å². The first-order valence-electron chi connectivity index (χ1n) is 5.37. The highest BCUT2D eigenvalue weighted by Crippen LogP contribution is 2.14. The molecule has 0 saturated heterocycles. The summed E-state index contributed by atoms with van der Waals surface area (Å²) in [6.45, 7) is 5.53. The monoisotopic (exact) mass is 206 g/mol. The largest absolute Gasteiger partial charge is 0.501 e. The number of hydrogen-bond donors (Lipinski definition) is 0. The second-order valence-corrected chi connectivity index (χ2v) is 3.18. The maximum absolute atomic E-state index is 5.40. The van der Waals surface area contributed by atoms with Crippen molar-refractivity contribution in [2.24, 2.45) is 0 Å². The summed E-state index contributed by atoms with van der Waals surface area (Å²) in [6.07, 6.45) is 4.70. The summed E-state index contributed by atoms with van der Waals surface area (Å²) in [4.78, 5) is 0. The van der Waals surface area contributed by atoms with Crippen molar-refractivity contribution in [1.29, 1.82) is 0 Å². The van der Waals surface area contributed by atoms with E-state index in [9.17, 15) is 0 Å². The average molecular weight is 206 g/mol. The molecule has 0 aliphatic rings. The van der Waals surface area contributed by atoms with Crippen LogP contribution in [0.1, 0.15) is 25.8 Å². The minimum atomic E-state index is 0.694. The highest BCUT2D eigenvalue weighted by molar-refractivity contribution is 5.50. The lowest BCUT2D eigenvalue weighted by atomic mass is 10.2. The Bertz CT molecular complexity index is 305. The Hall–Kier alpha value is -1.44. The first kappa shape index (κ1) is 11.6. The average Bonchev–Trinajstić information content (AvgIpc) is 2.26. The van der Waals surface area contributed by atoms with E-state index >= 15 is 0 Å². The maximum Gasteiger partial charge on any atom is 0.119 e. The summed E-state index contributed by atoms with van der Waals surface area (Å²) in [7, 11) is 0. The Morgan fingerprint density at radius 1 is 1.27 bits per heavy atom. The van der Waals surface area contributed by atoms with Crippen LogP contribution in [-0.2, 0) is 4.74 Å². The van der Waals surface area contributed by atoms with Crippen LogP contribution in [-0.4, -0.2) is 13.2 Å². The molecule has 0 aliphatic heterocycles. The van der Waals surface area contributed by atoms with Crippen molar-refractivity contribution in [3.8, 4) is 5.75 Å². The lowest BCUT2D eigenvalue weighted by molar-refractivity contribution is 0.252. The van der Waals surface area contributed by atoms with Gasteiger partial charge in [0.15, 0.2) is 0 Å². The minimum Gasteiger partial charge on any atom is -0.501 e. The van der Waals surface area contributed by atoms with E-state index < -0.39 is 0 Å². The van der Waals surface area contributed by atoms with E-state index in [1.807, 2.05) is 37.3 Å². The standard InChI is InChI=1S/C13H18O2/c1-3-9-14-10-8-12-6-5-7-13(11-12)15-4-2/h5-8,10-11H,3-4,9H2,1-2H3. The molecule has 15 heavy (non-hydrogen) atoms. The Kier molecular flexibility index (Phi) is 5.38. The highest BCUT2D eigenvalue weighted by Gasteiger charge is 1.92. The lowest BCUT2D eigenvalue weighted by Gasteiger charge is -2.03. The zero-order valence-electron chi connectivity index (χ0n) is 9.40. The van der Waals surface area contributed by atoms with Crippen molar-refractivity contribution >= 4 is 6.08 Å². The van der Waals surface area contributed by atoms with E-state index in [4.69, 9.17) is 9.47 Å². The topological polar surface area (TPSA) is 18.5 Å². The Morgan fingerprint density at radius 3 is 2.87 bits per heavy atom. The van der Waals surface area contributed by atoms with Gasteiger partial charge < -0.3 is 9.47 Å². The molecule has 0 spiro atoms. The predicted octanol–water partition coefficient (Wildman–Crippen LogP) is 3.48. The van der Waals surface area contributed by atoms with E-state index in [0.29, 0.717) is 6.61 Å². The van der Waals surface area contributed by atoms with Crippen LogP contribution >= 0.6 is 0 Å². The van der Waals surface area contributed by atoms with Crippen LogP contribution < -0.4 is 4.74 Å². The van der Waals surface area contributed by atoms with Crippen molar-refractivity contribution in [1.82, 2.24) is 0 Å². The van der Waals surface area contributed by atoms with Gasteiger partial charge in [0.2, 0.25) is 0 Å². The van der Waals surface area contributed by atoms with E-state index in [1.54, 1.807) is 6.26 Å². The fourth-order valence-corrected chi connectivity index (χ4v) is 1.19. The first-order valence-corrected chi connectivity index (χ1v) is 5.37. The summed E-state index contributed by atoms with van der Waals surface area (Å²) >= 11 is 0. The molecule has 1 aromatic carbocycles. The highest BCUT2D eigenvalue weighted by atomic mass is 16.5. The van der Waals surface area contributed by atoms with Gasteiger partial charge in [-0.3, -0.25) is 0 Å². The van der Waals surface area contributed by atoms with Crippen molar-refractivity contribution < 1.29 is 9.47 Å². The van der Waals surface area contributed by atoms with Gasteiger partial charge in [-0.1, -0.05) is 19.1 Å². The van der Waals surface area contributed by atoms with Gasteiger partial charge in [0.05, 0.1) is 19.5 Å². The van der Waals surface area contributed by atoms with E-state index in [-0.39, 0.29) is 0 Å². The van der Waals surface area contributed by atoms with Crippen LogP contribution in [0.3, 0.4) is 0 Å². The number of ether oxygens (including phenoxy) is 2. The summed E-state index contributed by atoms with van der Waals surface area (Å²) in [6, 6.07) is 7.95. The Labute approximate surface area is 91.5 Å². The molecule has 0 saturated carbocycles. The molecule has 0 fully saturated rings. The summed E-state index contributed by atoms with van der Waals surface area (Å²) in [5, 5.41) is 0. The van der Waals surface area contributed by atoms with Gasteiger partial charge in [-0.05, 0) is 37.1 Å². The normalized spacial score (nSPS) is 10.5. The molecule has 1 aromatic rings. The van der Waals surface area contributed by atoms with Crippen LogP contribution in [0.4, 0.5) is 0 Å². The maximum atomic E-state index is 5.40. The molecule has 0 amide bonds. The van der Waals surface area contributed by atoms with Crippen LogP contribution in [0, 0.1) is 0 Å². The second-order valence-electron chi connectivity index (χ2n) is 3.18. The Balaban J connectivity index is 2.53. The molecule has 0 aromatic heterocycles. The molecule has 0 unspecified atom stereocenters. The minimum absolute atomic E-state index is 0.694. The molecule has 2 heteroatoms. The third-order valence-electron chi connectivity index (χ3n) is 1.85. The zero-order valence-corrected chi connectivity index (χ0v) is 9.40. The molecule has 0 atom stereocenters. The third kappa shape index (κ3) is 4.54. The van der Waals surface area contributed by atoms with Crippen LogP contribution in [0.2, 0.25) is 0 Å². The van der Waals surface area contributed by atoms with Gasteiger partial charge >= 0.3 is 0 Å². The second kappa shape index (κ2) is 6.93. The predicted molar refractivity (Wildman–Crippen MR) is 62.9 cm³/mol. The molecule has 0 bridgehead atoms. The van der Waals surface area contributed by atoms with Gasteiger partial charge in [0.1, 0.15) is 5.75 Å². The van der Waals surface area contributed by atoms with Gasteiger partial charge in [-0.25, -0.2) is 0 Å².